The molecule has 4 nitrogen and oxygen atoms in total. The van der Waals surface area contributed by atoms with Gasteiger partial charge in [0.1, 0.15) is 5.82 Å². The normalized spacial score (nSPS) is 12.2. The molecule has 2 N–H and O–H groups in total. The predicted octanol–water partition coefficient (Wildman–Crippen LogP) is 2.58. The average molecular weight is 264 g/mol. The van der Waals surface area contributed by atoms with Gasteiger partial charge < -0.3 is 10.4 Å². The van der Waals surface area contributed by atoms with Crippen LogP contribution < -0.4 is 5.32 Å². The van der Waals surface area contributed by atoms with Gasteiger partial charge in [-0.25, -0.2) is 9.97 Å². The van der Waals surface area contributed by atoms with E-state index >= 15 is 0 Å². The van der Waals surface area contributed by atoms with Crippen molar-refractivity contribution in [2.45, 2.75) is 13.0 Å². The third kappa shape index (κ3) is 3.18. The fraction of sp³-hybridized carbons (Fsp3) is 0.231. The summed E-state index contributed by atoms with van der Waals surface area (Å²) in [5, 5.41) is 12.7. The van der Waals surface area contributed by atoms with E-state index in [2.05, 4.69) is 15.3 Å². The van der Waals surface area contributed by atoms with E-state index in [1.165, 1.54) is 5.56 Å². The van der Waals surface area contributed by atoms with Gasteiger partial charge in [0, 0.05) is 6.20 Å². The van der Waals surface area contributed by atoms with Crippen LogP contribution >= 0.6 is 11.6 Å². The highest BCUT2D eigenvalue weighted by molar-refractivity contribution is 6.28. The predicted molar refractivity (Wildman–Crippen MR) is 71.7 cm³/mol. The fourth-order valence-electron chi connectivity index (χ4n) is 1.63. The number of aliphatic hydroxyl groups excluding tert-OH is 1. The molecule has 0 aliphatic carbocycles. The van der Waals surface area contributed by atoms with Gasteiger partial charge in [-0.15, -0.1) is 0 Å². The highest BCUT2D eigenvalue weighted by Gasteiger charge is 2.10. The fourth-order valence-corrected chi connectivity index (χ4v) is 1.77. The largest absolute Gasteiger partial charge is 0.394 e. The summed E-state index contributed by atoms with van der Waals surface area (Å²) in [5.41, 5.74) is 2.18. The number of nitrogens with zero attached hydrogens (tertiary/aromatic N) is 2. The molecule has 0 aliphatic heterocycles. The van der Waals surface area contributed by atoms with Crippen LogP contribution in [0.25, 0.3) is 0 Å². The molecular weight excluding hydrogens is 250 g/mol. The first-order valence-corrected chi connectivity index (χ1v) is 5.99. The molecule has 0 spiro atoms. The van der Waals surface area contributed by atoms with Crippen LogP contribution in [0.5, 0.6) is 0 Å². The minimum Gasteiger partial charge on any atom is -0.394 e. The number of anilines is 1. The van der Waals surface area contributed by atoms with Gasteiger partial charge in [-0.05, 0) is 30.2 Å². The molecule has 0 saturated carbocycles. The first-order valence-electron chi connectivity index (χ1n) is 5.61. The van der Waals surface area contributed by atoms with E-state index in [0.717, 1.165) is 5.56 Å². The van der Waals surface area contributed by atoms with Crippen molar-refractivity contribution in [2.75, 3.05) is 11.9 Å². The molecule has 1 heterocycles. The minimum absolute atomic E-state index is 0.0231. The summed E-state index contributed by atoms with van der Waals surface area (Å²) in [5.74, 6) is 0.592. The van der Waals surface area contributed by atoms with Crippen LogP contribution in [0.15, 0.2) is 36.5 Å². The molecule has 2 rings (SSSR count). The number of hydrogen-bond donors (Lipinski definition) is 2. The molecule has 1 unspecified atom stereocenters. The Morgan fingerprint density at radius 3 is 2.61 bits per heavy atom. The third-order valence-electron chi connectivity index (χ3n) is 2.61. The van der Waals surface area contributed by atoms with E-state index in [1.54, 1.807) is 12.3 Å². The van der Waals surface area contributed by atoms with Crippen molar-refractivity contribution in [3.63, 3.8) is 0 Å². The zero-order valence-electron chi connectivity index (χ0n) is 9.97. The molecule has 1 atom stereocenters. The second-order valence-corrected chi connectivity index (χ2v) is 4.34. The Kier molecular flexibility index (Phi) is 4.12. The molecule has 0 bridgehead atoms. The number of nitrogens with one attached hydrogen (secondary N) is 1. The van der Waals surface area contributed by atoms with Crippen molar-refractivity contribution < 1.29 is 5.11 Å². The summed E-state index contributed by atoms with van der Waals surface area (Å²) in [4.78, 5) is 7.85. The van der Waals surface area contributed by atoms with Gasteiger partial charge in [0.15, 0.2) is 0 Å². The Hall–Kier alpha value is -1.65. The molecule has 1 aromatic heterocycles. The summed E-state index contributed by atoms with van der Waals surface area (Å²) in [6, 6.07) is 9.47. The van der Waals surface area contributed by atoms with Crippen LogP contribution in [0, 0.1) is 6.92 Å². The van der Waals surface area contributed by atoms with E-state index in [4.69, 9.17) is 11.6 Å². The van der Waals surface area contributed by atoms with E-state index in [-0.39, 0.29) is 17.9 Å². The molecule has 18 heavy (non-hydrogen) atoms. The standard InChI is InChI=1S/C13H14ClN3O/c1-9-2-4-10(5-3-9)11(8-18)16-12-6-7-15-13(14)17-12/h2-7,11,18H,8H2,1H3,(H,15,16,17). The number of hydrogen-bond acceptors (Lipinski definition) is 4. The highest BCUT2D eigenvalue weighted by atomic mass is 35.5. The van der Waals surface area contributed by atoms with Gasteiger partial charge in [-0.1, -0.05) is 29.8 Å². The smallest absolute Gasteiger partial charge is 0.224 e. The molecular formula is C13H14ClN3O. The lowest BCUT2D eigenvalue weighted by Crippen LogP contribution is -2.15. The Morgan fingerprint density at radius 1 is 1.28 bits per heavy atom. The van der Waals surface area contributed by atoms with Crippen LogP contribution in [0.4, 0.5) is 5.82 Å². The first-order chi connectivity index (χ1) is 8.69. The Bertz CT molecular complexity index is 516. The molecule has 0 fully saturated rings. The SMILES string of the molecule is Cc1ccc(C(CO)Nc2ccnc(Cl)n2)cc1. The molecule has 2 aromatic rings. The summed E-state index contributed by atoms with van der Waals surface area (Å²) in [6.07, 6.45) is 1.57. The molecule has 0 saturated heterocycles. The second kappa shape index (κ2) is 5.80. The van der Waals surface area contributed by atoms with E-state index < -0.39 is 0 Å². The van der Waals surface area contributed by atoms with Crippen molar-refractivity contribution in [1.29, 1.82) is 0 Å². The van der Waals surface area contributed by atoms with Gasteiger partial charge in [0.2, 0.25) is 5.28 Å². The van der Waals surface area contributed by atoms with Crippen LogP contribution in [0.2, 0.25) is 5.28 Å². The van der Waals surface area contributed by atoms with Crippen LogP contribution in [-0.4, -0.2) is 21.7 Å². The molecule has 1 aromatic carbocycles. The molecule has 5 heteroatoms. The van der Waals surface area contributed by atoms with Gasteiger partial charge >= 0.3 is 0 Å². The monoisotopic (exact) mass is 263 g/mol. The molecule has 0 aliphatic rings. The van der Waals surface area contributed by atoms with Crippen LogP contribution in [-0.2, 0) is 0 Å². The van der Waals surface area contributed by atoms with Gasteiger partial charge in [-0.3, -0.25) is 0 Å². The minimum atomic E-state index is -0.212. The summed E-state index contributed by atoms with van der Waals surface area (Å²) in [6.45, 7) is 2.00. The summed E-state index contributed by atoms with van der Waals surface area (Å²) in [7, 11) is 0. The van der Waals surface area contributed by atoms with E-state index in [1.807, 2.05) is 31.2 Å². The average Bonchev–Trinajstić information content (AvgIpc) is 2.37. The maximum Gasteiger partial charge on any atom is 0.224 e. The van der Waals surface area contributed by atoms with Crippen molar-refractivity contribution >= 4 is 17.4 Å². The van der Waals surface area contributed by atoms with E-state index in [9.17, 15) is 5.11 Å². The maximum atomic E-state index is 9.44. The Labute approximate surface area is 111 Å². The number of benzene rings is 1. The third-order valence-corrected chi connectivity index (χ3v) is 2.79. The second-order valence-electron chi connectivity index (χ2n) is 4.00. The number of aromatic nitrogens is 2. The van der Waals surface area contributed by atoms with Crippen molar-refractivity contribution in [3.05, 3.63) is 52.9 Å². The van der Waals surface area contributed by atoms with Gasteiger partial charge in [0.05, 0.1) is 12.6 Å². The van der Waals surface area contributed by atoms with E-state index in [0.29, 0.717) is 5.82 Å². The number of aliphatic hydroxyl groups is 1. The topological polar surface area (TPSA) is 58.0 Å². The van der Waals surface area contributed by atoms with Gasteiger partial charge in [0.25, 0.3) is 0 Å². The molecule has 0 radical (unpaired) electrons. The molecule has 0 amide bonds. The molecule has 94 valence electrons. The van der Waals surface area contributed by atoms with Crippen LogP contribution in [0.3, 0.4) is 0 Å². The van der Waals surface area contributed by atoms with Gasteiger partial charge in [-0.2, -0.15) is 0 Å². The highest BCUT2D eigenvalue weighted by Crippen LogP contribution is 2.18. The van der Waals surface area contributed by atoms with Crippen molar-refractivity contribution in [2.24, 2.45) is 0 Å². The maximum absolute atomic E-state index is 9.44. The van der Waals surface area contributed by atoms with Crippen LogP contribution in [0.1, 0.15) is 17.2 Å². The summed E-state index contributed by atoms with van der Waals surface area (Å²) >= 11 is 5.71. The number of aryl methyl sites for hydroxylation is 1. The number of halogens is 1. The lowest BCUT2D eigenvalue weighted by atomic mass is 10.1. The lowest BCUT2D eigenvalue weighted by molar-refractivity contribution is 0.276. The van der Waals surface area contributed by atoms with Crippen molar-refractivity contribution in [3.8, 4) is 0 Å². The Balaban J connectivity index is 2.17. The zero-order valence-corrected chi connectivity index (χ0v) is 10.7. The van der Waals surface area contributed by atoms with Crippen molar-refractivity contribution in [1.82, 2.24) is 9.97 Å². The number of rotatable bonds is 4. The Morgan fingerprint density at radius 2 is 2.00 bits per heavy atom. The summed E-state index contributed by atoms with van der Waals surface area (Å²) < 4.78 is 0. The lowest BCUT2D eigenvalue weighted by Gasteiger charge is -2.17. The zero-order chi connectivity index (χ0) is 13.0. The first kappa shape index (κ1) is 12.8. The quantitative estimate of drug-likeness (QED) is 0.833.